The van der Waals surface area contributed by atoms with Crippen LogP contribution in [0.25, 0.3) is 6.08 Å². The number of benzene rings is 2. The van der Waals surface area contributed by atoms with E-state index in [0.717, 1.165) is 44.8 Å². The normalized spacial score (nSPS) is 15.1. The van der Waals surface area contributed by atoms with Crippen molar-refractivity contribution in [2.24, 2.45) is 5.73 Å². The number of nitriles is 1. The molecule has 1 amide bonds. The van der Waals surface area contributed by atoms with Crippen LogP contribution in [0.5, 0.6) is 5.75 Å². The van der Waals surface area contributed by atoms with Crippen molar-refractivity contribution in [1.29, 1.82) is 5.26 Å². The molecule has 34 heavy (non-hydrogen) atoms. The minimum atomic E-state index is -0.962. The number of hydrogen-bond acceptors (Lipinski definition) is 6. The fourth-order valence-corrected chi connectivity index (χ4v) is 3.93. The van der Waals surface area contributed by atoms with Crippen LogP contribution in [0.3, 0.4) is 0 Å². The highest BCUT2D eigenvalue weighted by molar-refractivity contribution is 6.30. The molecular formula is C25H27ClN4O4. The molecule has 0 aliphatic carbocycles. The third-order valence-electron chi connectivity index (χ3n) is 5.57. The second-order valence-electron chi connectivity index (χ2n) is 8.01. The number of nitrogens with zero attached hydrogens (tertiary/aromatic N) is 3. The first kappa shape index (κ1) is 25.1. The molecule has 1 fully saturated rings. The largest absolute Gasteiger partial charge is 0.488 e. The van der Waals surface area contributed by atoms with Crippen LogP contribution in [-0.4, -0.2) is 61.2 Å². The Balaban J connectivity index is 0.000000202. The Hall–Kier alpha value is -3.54. The fourth-order valence-electron chi connectivity index (χ4n) is 3.75. The van der Waals surface area contributed by atoms with Gasteiger partial charge in [-0.1, -0.05) is 17.7 Å². The van der Waals surface area contributed by atoms with Crippen LogP contribution in [0.1, 0.15) is 24.0 Å². The Morgan fingerprint density at radius 3 is 2.59 bits per heavy atom. The van der Waals surface area contributed by atoms with Gasteiger partial charge in [0.25, 0.3) is 0 Å². The summed E-state index contributed by atoms with van der Waals surface area (Å²) in [7, 11) is 0. The molecule has 0 atom stereocenters. The number of ether oxygens (including phenoxy) is 1. The molecule has 2 aromatic carbocycles. The van der Waals surface area contributed by atoms with Crippen LogP contribution < -0.4 is 15.4 Å². The number of halogens is 1. The van der Waals surface area contributed by atoms with E-state index in [4.69, 9.17) is 32.4 Å². The number of nitrogens with two attached hydrogens (primary N) is 1. The van der Waals surface area contributed by atoms with E-state index in [0.29, 0.717) is 28.3 Å². The maximum Gasteiger partial charge on any atom is 0.335 e. The van der Waals surface area contributed by atoms with Gasteiger partial charge in [-0.2, -0.15) is 5.26 Å². The zero-order valence-corrected chi connectivity index (χ0v) is 19.5. The summed E-state index contributed by atoms with van der Waals surface area (Å²) in [4.78, 5) is 26.0. The van der Waals surface area contributed by atoms with Gasteiger partial charge in [-0.25, -0.2) is 4.79 Å². The number of anilines is 1. The Bertz CT molecular complexity index is 1100. The molecule has 0 radical (unpaired) electrons. The molecule has 9 heteroatoms. The minimum absolute atomic E-state index is 0.101. The first-order chi connectivity index (χ1) is 16.4. The molecule has 178 valence electrons. The third-order valence-corrected chi connectivity index (χ3v) is 5.80. The lowest BCUT2D eigenvalue weighted by Crippen LogP contribution is -2.46. The van der Waals surface area contributed by atoms with Crippen LogP contribution in [0.4, 0.5) is 5.69 Å². The minimum Gasteiger partial charge on any atom is -0.488 e. The average Bonchev–Trinajstić information content (AvgIpc) is 2.84. The number of amides is 1. The van der Waals surface area contributed by atoms with Crippen molar-refractivity contribution in [3.05, 3.63) is 64.2 Å². The molecule has 0 saturated carbocycles. The van der Waals surface area contributed by atoms with Crippen molar-refractivity contribution >= 4 is 35.2 Å². The monoisotopic (exact) mass is 482 g/mol. The first-order valence-electron chi connectivity index (χ1n) is 11.0. The summed E-state index contributed by atoms with van der Waals surface area (Å²) < 4.78 is 5.24. The van der Waals surface area contributed by atoms with Gasteiger partial charge in [-0.15, -0.1) is 0 Å². The van der Waals surface area contributed by atoms with E-state index in [1.165, 1.54) is 0 Å². The molecule has 3 N–H and O–H groups in total. The molecular weight excluding hydrogens is 456 g/mol. The van der Waals surface area contributed by atoms with E-state index >= 15 is 0 Å². The highest BCUT2D eigenvalue weighted by Crippen LogP contribution is 2.28. The van der Waals surface area contributed by atoms with E-state index in [1.807, 2.05) is 24.3 Å². The molecule has 0 bridgehead atoms. The Kier molecular flexibility index (Phi) is 8.91. The predicted molar refractivity (Wildman–Crippen MR) is 131 cm³/mol. The van der Waals surface area contributed by atoms with Gasteiger partial charge in [0.1, 0.15) is 12.4 Å². The maximum absolute atomic E-state index is 10.7. The van der Waals surface area contributed by atoms with Gasteiger partial charge in [0.2, 0.25) is 5.91 Å². The first-order valence-corrected chi connectivity index (χ1v) is 11.4. The average molecular weight is 483 g/mol. The third kappa shape index (κ3) is 7.24. The molecule has 8 nitrogen and oxygen atoms in total. The number of carbonyl (C=O) groups is 2. The van der Waals surface area contributed by atoms with Gasteiger partial charge in [-0.3, -0.25) is 9.69 Å². The van der Waals surface area contributed by atoms with E-state index in [-0.39, 0.29) is 18.1 Å². The van der Waals surface area contributed by atoms with Crippen LogP contribution in [0.2, 0.25) is 5.02 Å². The number of piperazine rings is 1. The van der Waals surface area contributed by atoms with E-state index in [2.05, 4.69) is 15.9 Å². The molecule has 4 rings (SSSR count). The molecule has 0 spiro atoms. The number of rotatable bonds is 6. The van der Waals surface area contributed by atoms with Crippen molar-refractivity contribution in [3.8, 4) is 11.8 Å². The quantitative estimate of drug-likeness (QED) is 0.648. The lowest BCUT2D eigenvalue weighted by Gasteiger charge is -2.36. The number of carbonyl (C=O) groups excluding carboxylic acids is 1. The topological polar surface area (TPSA) is 120 Å². The highest BCUT2D eigenvalue weighted by Gasteiger charge is 2.17. The van der Waals surface area contributed by atoms with Crippen molar-refractivity contribution < 1.29 is 19.4 Å². The summed E-state index contributed by atoms with van der Waals surface area (Å²) in [6.07, 6.45) is 2.87. The number of primary amides is 1. The lowest BCUT2D eigenvalue weighted by atomic mass is 10.1. The lowest BCUT2D eigenvalue weighted by molar-refractivity contribution is -0.133. The molecule has 0 unspecified atom stereocenters. The molecule has 2 heterocycles. The molecule has 2 aromatic rings. The molecule has 1 saturated heterocycles. The van der Waals surface area contributed by atoms with Gasteiger partial charge >= 0.3 is 5.97 Å². The highest BCUT2D eigenvalue weighted by atomic mass is 35.5. The predicted octanol–water partition coefficient (Wildman–Crippen LogP) is 3.15. The zero-order chi connectivity index (χ0) is 24.5. The summed E-state index contributed by atoms with van der Waals surface area (Å²) in [5, 5.41) is 18.2. The van der Waals surface area contributed by atoms with Crippen molar-refractivity contribution in [2.45, 2.75) is 12.8 Å². The summed E-state index contributed by atoms with van der Waals surface area (Å²) in [6.45, 7) is 4.89. The van der Waals surface area contributed by atoms with Crippen LogP contribution in [0, 0.1) is 11.3 Å². The number of fused-ring (bicyclic) bond motifs is 1. The SMILES string of the molecule is N#Cc1cccc(N2CCN(CCCC(N)=O)CC2)c1.O=C(O)C1=Cc2cc(Cl)ccc2OC1. The van der Waals surface area contributed by atoms with Gasteiger partial charge < -0.3 is 20.5 Å². The van der Waals surface area contributed by atoms with Gasteiger partial charge in [0.15, 0.2) is 0 Å². The Morgan fingerprint density at radius 1 is 1.15 bits per heavy atom. The Morgan fingerprint density at radius 2 is 1.91 bits per heavy atom. The smallest absolute Gasteiger partial charge is 0.335 e. The number of aliphatic carboxylic acids is 1. The van der Waals surface area contributed by atoms with Crippen LogP contribution in [-0.2, 0) is 9.59 Å². The van der Waals surface area contributed by atoms with Gasteiger partial charge in [0, 0.05) is 48.9 Å². The van der Waals surface area contributed by atoms with Crippen LogP contribution in [0.15, 0.2) is 48.0 Å². The standard InChI is InChI=1S/C15H20N4O.C10H7ClO3/c16-12-13-3-1-4-14(11-13)19-9-7-18(8-10-19)6-2-5-15(17)20;11-8-1-2-9-6(4-8)3-7(5-14-9)10(12)13/h1,3-4,11H,2,5-10H2,(H2,17,20);1-4H,5H2,(H,12,13). The van der Waals surface area contributed by atoms with Gasteiger partial charge in [0.05, 0.1) is 17.2 Å². The summed E-state index contributed by atoms with van der Waals surface area (Å²) >= 11 is 5.77. The van der Waals surface area contributed by atoms with E-state index in [9.17, 15) is 9.59 Å². The summed E-state index contributed by atoms with van der Waals surface area (Å²) in [6, 6.07) is 15.0. The molecule has 0 aromatic heterocycles. The van der Waals surface area contributed by atoms with E-state index in [1.54, 1.807) is 24.3 Å². The van der Waals surface area contributed by atoms with Crippen molar-refractivity contribution in [1.82, 2.24) is 4.90 Å². The number of hydrogen-bond donors (Lipinski definition) is 2. The van der Waals surface area contributed by atoms with E-state index < -0.39 is 5.97 Å². The summed E-state index contributed by atoms with van der Waals surface area (Å²) in [5.41, 5.74) is 7.90. The van der Waals surface area contributed by atoms with Crippen molar-refractivity contribution in [3.63, 3.8) is 0 Å². The molecule has 2 aliphatic rings. The zero-order valence-electron chi connectivity index (χ0n) is 18.7. The number of carboxylic acids is 1. The second-order valence-corrected chi connectivity index (χ2v) is 8.44. The molecule has 2 aliphatic heterocycles. The Labute approximate surface area is 203 Å². The van der Waals surface area contributed by atoms with Crippen LogP contribution >= 0.6 is 11.6 Å². The second kappa shape index (κ2) is 12.1. The summed E-state index contributed by atoms with van der Waals surface area (Å²) in [5.74, 6) is -0.521. The number of carboxylic acid groups (broad SMARTS) is 1. The fraction of sp³-hybridized carbons (Fsp3) is 0.320. The van der Waals surface area contributed by atoms with Crippen molar-refractivity contribution in [2.75, 3.05) is 44.2 Å². The maximum atomic E-state index is 10.7. The van der Waals surface area contributed by atoms with Gasteiger partial charge in [-0.05, 0) is 55.4 Å².